The van der Waals surface area contributed by atoms with Gasteiger partial charge in [0.05, 0.1) is 68.4 Å². The van der Waals surface area contributed by atoms with Crippen LogP contribution in [0.1, 0.15) is 17.7 Å². The highest BCUT2D eigenvalue weighted by Crippen LogP contribution is 2.46. The topological polar surface area (TPSA) is 161 Å². The maximum atomic E-state index is 5.12. The fraction of sp³-hybridized carbons (Fsp3) is 0.0250. The van der Waals surface area contributed by atoms with E-state index in [1.165, 1.54) is 109 Å². The molecule has 0 fully saturated rings. The number of nitrogens with one attached hydrogen (secondary N) is 2. The number of fused-ring (bicyclic) bond motifs is 14. The SMILES string of the molecule is C1=CC2=CC=C3CC=CC4=C3C2C(=C1)C=C4.C1=Cc2[nH]ccc2C1.c1cc2occc2o1.c1ccc2[nH]ccc2c1.c1ccc2cc3ccccc3cc2c1.c1ccc2ccccc2c1.c1ccc2cnccc2c1.c1ccc2nc3ccccc3cc2c1.c1ccc2nc3ccccc3nc2c1.c1ccc2ncccc2c1.c1ccc2nccnc2c1.c1ccc2occc2c1. The summed E-state index contributed by atoms with van der Waals surface area (Å²) in [7, 11) is 0. The lowest BCUT2D eigenvalue weighted by Crippen LogP contribution is -2.20. The van der Waals surface area contributed by atoms with E-state index >= 15 is 0 Å². The van der Waals surface area contributed by atoms with Gasteiger partial charge in [0.15, 0.2) is 11.2 Å². The minimum absolute atomic E-state index is 0.509. The van der Waals surface area contributed by atoms with Crippen LogP contribution >= 0.6 is 0 Å². The van der Waals surface area contributed by atoms with E-state index in [0.717, 1.165) is 84.6 Å². The molecule has 0 spiro atoms. The van der Waals surface area contributed by atoms with Crippen molar-refractivity contribution in [2.45, 2.75) is 12.8 Å². The quantitative estimate of drug-likeness (QED) is 0.140. The molecule has 10 aromatic heterocycles. The molecule has 634 valence electrons. The molecule has 1 atom stereocenters. The molecule has 0 aliphatic heterocycles. The maximum absolute atomic E-state index is 5.12. The number of aromatic amines is 2. The molecule has 29 rings (SSSR count). The van der Waals surface area contributed by atoms with Gasteiger partial charge in [-0.3, -0.25) is 19.9 Å². The van der Waals surface area contributed by atoms with Gasteiger partial charge in [-0.2, -0.15) is 0 Å². The van der Waals surface area contributed by atoms with Crippen molar-refractivity contribution in [3.8, 4) is 0 Å². The Morgan fingerprint density at radius 3 is 1.26 bits per heavy atom. The number of allylic oxidation sites excluding steroid dienone is 15. The third kappa shape index (κ3) is 21.9. The third-order valence-electron chi connectivity index (χ3n) is 22.5. The average molecular weight is 1710 g/mol. The van der Waals surface area contributed by atoms with Crippen molar-refractivity contribution in [1.29, 1.82) is 0 Å². The van der Waals surface area contributed by atoms with Crippen LogP contribution < -0.4 is 0 Å². The summed E-state index contributed by atoms with van der Waals surface area (Å²) in [6.45, 7) is 0. The Balaban J connectivity index is 0.0000000972. The summed E-state index contributed by atoms with van der Waals surface area (Å²) in [6, 6.07) is 128. The van der Waals surface area contributed by atoms with Gasteiger partial charge in [-0.1, -0.05) is 316 Å². The molecule has 0 bridgehead atoms. The molecule has 10 heterocycles. The van der Waals surface area contributed by atoms with Crippen molar-refractivity contribution in [3.05, 3.63) is 544 Å². The Labute approximate surface area is 764 Å². The van der Waals surface area contributed by atoms with Gasteiger partial charge in [0.25, 0.3) is 0 Å². The summed E-state index contributed by atoms with van der Waals surface area (Å²) in [6.07, 6.45) is 44.5. The molecule has 5 aliphatic rings. The summed E-state index contributed by atoms with van der Waals surface area (Å²) in [4.78, 5) is 36.3. The molecule has 1 unspecified atom stereocenters. The number of nitrogens with zero attached hydrogens (tertiary/aromatic N) is 7. The Kier molecular flexibility index (Phi) is 27.8. The predicted molar refractivity (Wildman–Crippen MR) is 548 cm³/mol. The van der Waals surface area contributed by atoms with Crippen molar-refractivity contribution in [2.75, 3.05) is 0 Å². The zero-order chi connectivity index (χ0) is 88.9. The molecular weight excluding hydrogens is 1620 g/mol. The zero-order valence-electron chi connectivity index (χ0n) is 72.3. The largest absolute Gasteiger partial charge is 0.464 e. The molecule has 0 saturated heterocycles. The predicted octanol–water partition coefficient (Wildman–Crippen LogP) is 31.1. The van der Waals surface area contributed by atoms with Crippen molar-refractivity contribution >= 4 is 148 Å². The fourth-order valence-corrected chi connectivity index (χ4v) is 15.9. The first-order valence-corrected chi connectivity index (χ1v) is 43.9. The first-order valence-electron chi connectivity index (χ1n) is 43.9. The number of rotatable bonds is 0. The second-order valence-corrected chi connectivity index (χ2v) is 31.2. The lowest BCUT2D eigenvalue weighted by molar-refractivity contribution is 0.609. The molecule has 12 heteroatoms. The van der Waals surface area contributed by atoms with Gasteiger partial charge in [0.2, 0.25) is 0 Å². The molecule has 24 aromatic rings. The van der Waals surface area contributed by atoms with E-state index < -0.39 is 0 Å². The van der Waals surface area contributed by atoms with E-state index in [-0.39, 0.29) is 0 Å². The molecule has 0 amide bonds. The molecular formula is C120H91N9O3. The molecule has 132 heavy (non-hydrogen) atoms. The summed E-state index contributed by atoms with van der Waals surface area (Å²) in [5.74, 6) is 0.509. The van der Waals surface area contributed by atoms with Gasteiger partial charge >= 0.3 is 0 Å². The van der Waals surface area contributed by atoms with Crippen molar-refractivity contribution in [1.82, 2.24) is 44.9 Å². The molecule has 0 saturated carbocycles. The van der Waals surface area contributed by atoms with E-state index in [0.29, 0.717) is 5.92 Å². The number of hydrogen-bond donors (Lipinski definition) is 2. The molecule has 12 nitrogen and oxygen atoms in total. The highest BCUT2D eigenvalue weighted by atomic mass is 16.4. The van der Waals surface area contributed by atoms with Gasteiger partial charge in [-0.15, -0.1) is 0 Å². The summed E-state index contributed by atoms with van der Waals surface area (Å²) in [5.41, 5.74) is 22.7. The Bertz CT molecular complexity index is 7000. The molecule has 0 radical (unpaired) electrons. The Hall–Kier alpha value is -17.6. The minimum Gasteiger partial charge on any atom is -0.464 e. The summed E-state index contributed by atoms with van der Waals surface area (Å²) in [5, 5.41) is 16.4. The monoisotopic (exact) mass is 1710 g/mol. The van der Waals surface area contributed by atoms with E-state index in [4.69, 9.17) is 13.3 Å². The van der Waals surface area contributed by atoms with Crippen molar-refractivity contribution in [3.63, 3.8) is 0 Å². The van der Waals surface area contributed by atoms with Crippen LogP contribution in [0, 0.1) is 5.92 Å². The second kappa shape index (κ2) is 43.1. The van der Waals surface area contributed by atoms with E-state index in [2.05, 4.69) is 288 Å². The van der Waals surface area contributed by atoms with Crippen LogP contribution in [0.15, 0.2) is 546 Å². The zero-order valence-corrected chi connectivity index (χ0v) is 72.3. The number of para-hydroxylation sites is 11. The molecule has 14 aromatic carbocycles. The number of hydrogen-bond acceptors (Lipinski definition) is 10. The number of aromatic nitrogens is 9. The number of pyridine rings is 3. The van der Waals surface area contributed by atoms with Gasteiger partial charge in [-0.05, 0) is 216 Å². The van der Waals surface area contributed by atoms with E-state index in [1.54, 1.807) is 43.3 Å². The first-order chi connectivity index (χ1) is 65.5. The normalized spacial score (nSPS) is 12.8. The molecule has 2 N–H and O–H groups in total. The van der Waals surface area contributed by atoms with Crippen LogP contribution in [0.4, 0.5) is 0 Å². The van der Waals surface area contributed by atoms with Crippen LogP contribution in [0.2, 0.25) is 0 Å². The summed E-state index contributed by atoms with van der Waals surface area (Å²) < 4.78 is 15.0. The van der Waals surface area contributed by atoms with Crippen LogP contribution in [-0.2, 0) is 6.42 Å². The lowest BCUT2D eigenvalue weighted by Gasteiger charge is -2.34. The summed E-state index contributed by atoms with van der Waals surface area (Å²) >= 11 is 0. The average Bonchev–Trinajstić information content (AvgIpc) is 0.859. The molecule has 5 aliphatic carbocycles. The van der Waals surface area contributed by atoms with Crippen molar-refractivity contribution in [2.24, 2.45) is 5.92 Å². The van der Waals surface area contributed by atoms with Crippen LogP contribution in [0.3, 0.4) is 0 Å². The number of benzene rings is 14. The van der Waals surface area contributed by atoms with Crippen LogP contribution in [0.25, 0.3) is 148 Å². The Morgan fingerprint density at radius 2 is 0.697 bits per heavy atom. The second-order valence-electron chi connectivity index (χ2n) is 31.2. The van der Waals surface area contributed by atoms with Gasteiger partial charge in [0, 0.05) is 94.2 Å². The smallest absolute Gasteiger partial charge is 0.172 e. The first kappa shape index (κ1) is 85.2. The van der Waals surface area contributed by atoms with Gasteiger partial charge < -0.3 is 23.2 Å². The number of H-pyrrole nitrogens is 2. The van der Waals surface area contributed by atoms with E-state index in [9.17, 15) is 0 Å². The standard InChI is InChI=1S/C16H12.C14H10.C13H9N.C12H8N2.C10H8.2C9H7N.C8H6N2.C8H7N.C8H6O.C7H7N.C6H4O2/c1-3-11-7-9-13-5-2-6-14-10-8-12(4-1)15(11)16(13)14;1-2-6-12-10-14-8-4-3-7-13(14)9-11(12)5-1;1-3-7-12-10(5-1)9-11-6-2-4-8-13(11)14-12;1-2-6-10-9(5-1)13-11-7-3-4-8-12(11)14-10;1-2-6-10-8-4-3-7-9(10)5-1;1-2-6-9-8(4-1)5-3-7-10-9;1-2-4-9-7-10-6-5-8(9)3-1;1-2-4-8-7(3-1)9-5-6-10-8;2*1-2-4-8-7(3-1)5-6-9-8;1-2-6-4-5-8-7(6)3-1;1-3-7-6-2-4-8-5(1)6/h1-5,7-10,15H,6H2;1-10H;1-9H;1-8H;1-8H;2*1-7H;1-6H;1-6,9H;1-6H;1,3-5,8H,2H2;1-4H. The van der Waals surface area contributed by atoms with Gasteiger partial charge in [-0.25, -0.2) is 15.0 Å². The van der Waals surface area contributed by atoms with Crippen LogP contribution in [-0.4, -0.2) is 44.9 Å². The van der Waals surface area contributed by atoms with Gasteiger partial charge in [0.1, 0.15) is 5.58 Å². The fourth-order valence-electron chi connectivity index (χ4n) is 15.9. The maximum Gasteiger partial charge on any atom is 0.172 e. The highest BCUT2D eigenvalue weighted by molar-refractivity contribution is 5.98. The Morgan fingerprint density at radius 1 is 0.265 bits per heavy atom. The third-order valence-corrected chi connectivity index (χ3v) is 22.5. The minimum atomic E-state index is 0.509. The highest BCUT2D eigenvalue weighted by Gasteiger charge is 2.31. The van der Waals surface area contributed by atoms with Crippen LogP contribution in [0.5, 0.6) is 0 Å². The number of furan rings is 3. The lowest BCUT2D eigenvalue weighted by atomic mass is 9.69. The van der Waals surface area contributed by atoms with E-state index in [1.807, 2.05) is 225 Å². The van der Waals surface area contributed by atoms with Crippen molar-refractivity contribution < 1.29 is 13.3 Å².